The number of hydrogen-bond donors (Lipinski definition) is 1. The zero-order valence-corrected chi connectivity index (χ0v) is 13.1. The van der Waals surface area contributed by atoms with Gasteiger partial charge in [-0.25, -0.2) is 8.42 Å². The van der Waals surface area contributed by atoms with Gasteiger partial charge in [-0.3, -0.25) is 10.1 Å². The molecule has 0 aliphatic rings. The highest BCUT2D eigenvalue weighted by atomic mass is 32.2. The van der Waals surface area contributed by atoms with Crippen LogP contribution in [0, 0.1) is 17.0 Å². The first-order valence-electron chi connectivity index (χ1n) is 6.05. The van der Waals surface area contributed by atoms with Gasteiger partial charge < -0.3 is 5.32 Å². The smallest absolute Gasteiger partial charge is 0.288 e. The van der Waals surface area contributed by atoms with Gasteiger partial charge >= 0.3 is 0 Å². The van der Waals surface area contributed by atoms with E-state index >= 15 is 0 Å². The predicted molar refractivity (Wildman–Crippen MR) is 82.6 cm³/mol. The maximum atomic E-state index is 11.7. The Labute approximate surface area is 126 Å². The number of hydrogen-bond acceptors (Lipinski definition) is 6. The highest BCUT2D eigenvalue weighted by molar-refractivity contribution is 7.90. The van der Waals surface area contributed by atoms with Crippen molar-refractivity contribution in [2.75, 3.05) is 11.6 Å². The Hall–Kier alpha value is -1.93. The number of nitrogens with zero attached hydrogens (tertiary/aromatic N) is 1. The van der Waals surface area contributed by atoms with Crippen LogP contribution in [0.4, 0.5) is 11.4 Å². The molecule has 0 saturated carbocycles. The number of rotatable bonds is 5. The molecule has 0 bridgehead atoms. The maximum absolute atomic E-state index is 11.7. The van der Waals surface area contributed by atoms with Gasteiger partial charge in [0.15, 0.2) is 9.84 Å². The van der Waals surface area contributed by atoms with E-state index in [1.54, 1.807) is 11.3 Å². The van der Waals surface area contributed by atoms with Crippen molar-refractivity contribution in [2.45, 2.75) is 18.4 Å². The molecule has 0 radical (unpaired) electrons. The van der Waals surface area contributed by atoms with Gasteiger partial charge in [-0.05, 0) is 31.2 Å². The highest BCUT2D eigenvalue weighted by Crippen LogP contribution is 2.27. The van der Waals surface area contributed by atoms with Gasteiger partial charge in [-0.2, -0.15) is 0 Å². The second-order valence-corrected chi connectivity index (χ2v) is 7.93. The van der Waals surface area contributed by atoms with E-state index in [1.807, 2.05) is 19.1 Å². The molecule has 1 aromatic heterocycles. The molecule has 2 aromatic rings. The molecular weight excluding hydrogens is 312 g/mol. The topological polar surface area (TPSA) is 89.3 Å². The fourth-order valence-electron chi connectivity index (χ4n) is 1.84. The van der Waals surface area contributed by atoms with Crippen molar-refractivity contribution in [3.63, 3.8) is 0 Å². The number of thiophene rings is 1. The molecule has 0 saturated heterocycles. The monoisotopic (exact) mass is 326 g/mol. The summed E-state index contributed by atoms with van der Waals surface area (Å²) in [6, 6.07) is 7.99. The molecule has 0 aliphatic heterocycles. The van der Waals surface area contributed by atoms with Crippen LogP contribution in [0.25, 0.3) is 0 Å². The molecule has 0 spiro atoms. The van der Waals surface area contributed by atoms with Gasteiger partial charge in [0.2, 0.25) is 0 Å². The predicted octanol–water partition coefficient (Wildman–Crippen LogP) is 2.98. The van der Waals surface area contributed by atoms with E-state index in [4.69, 9.17) is 0 Å². The van der Waals surface area contributed by atoms with Gasteiger partial charge in [0.1, 0.15) is 4.90 Å². The van der Waals surface area contributed by atoms with Crippen molar-refractivity contribution in [1.82, 2.24) is 0 Å². The van der Waals surface area contributed by atoms with Crippen LogP contribution in [0.2, 0.25) is 0 Å². The van der Waals surface area contributed by atoms with E-state index in [1.165, 1.54) is 23.1 Å². The molecule has 1 aromatic carbocycles. The summed E-state index contributed by atoms with van der Waals surface area (Å²) in [6.45, 7) is 2.54. The molecular formula is C13H14N2O4S2. The van der Waals surface area contributed by atoms with Gasteiger partial charge in [0, 0.05) is 34.3 Å². The van der Waals surface area contributed by atoms with E-state index in [0.717, 1.165) is 11.1 Å². The second-order valence-electron chi connectivity index (χ2n) is 4.58. The number of nitro benzene ring substituents is 1. The van der Waals surface area contributed by atoms with Gasteiger partial charge in [0.05, 0.1) is 4.92 Å². The van der Waals surface area contributed by atoms with E-state index in [2.05, 4.69) is 5.32 Å². The van der Waals surface area contributed by atoms with E-state index in [-0.39, 0.29) is 4.90 Å². The molecule has 1 heterocycles. The number of nitrogens with one attached hydrogen (secondary N) is 1. The SMILES string of the molecule is Cc1ccc(CNc2ccc([N+](=O)[O-])c(S(C)(=O)=O)c2)s1. The molecule has 8 heteroatoms. The molecule has 0 amide bonds. The number of sulfone groups is 1. The summed E-state index contributed by atoms with van der Waals surface area (Å²) < 4.78 is 23.3. The summed E-state index contributed by atoms with van der Waals surface area (Å²) in [5.41, 5.74) is 0.127. The van der Waals surface area contributed by atoms with Gasteiger partial charge in [-0.1, -0.05) is 0 Å². The fraction of sp³-hybridized carbons (Fsp3) is 0.231. The van der Waals surface area contributed by atoms with Gasteiger partial charge in [0.25, 0.3) is 5.69 Å². The van der Waals surface area contributed by atoms with Crippen LogP contribution in [-0.4, -0.2) is 19.6 Å². The van der Waals surface area contributed by atoms with E-state index in [0.29, 0.717) is 12.2 Å². The number of anilines is 1. The minimum absolute atomic E-state index is 0.278. The fourth-order valence-corrected chi connectivity index (χ4v) is 3.53. The van der Waals surface area contributed by atoms with Crippen LogP contribution in [0.15, 0.2) is 35.2 Å². The minimum atomic E-state index is -3.66. The Morgan fingerprint density at radius 1 is 1.29 bits per heavy atom. The van der Waals surface area contributed by atoms with Crippen LogP contribution in [0.1, 0.15) is 9.75 Å². The van der Waals surface area contributed by atoms with Crippen LogP contribution >= 0.6 is 11.3 Å². The Morgan fingerprint density at radius 2 is 2.00 bits per heavy atom. The quantitative estimate of drug-likeness (QED) is 0.674. The molecule has 0 aliphatic carbocycles. The summed E-state index contributed by atoms with van der Waals surface area (Å²) in [7, 11) is -3.66. The Bertz CT molecular complexity index is 781. The summed E-state index contributed by atoms with van der Waals surface area (Å²) in [4.78, 5) is 12.2. The second kappa shape index (κ2) is 5.82. The zero-order chi connectivity index (χ0) is 15.6. The molecule has 0 atom stereocenters. The molecule has 1 N–H and O–H groups in total. The third-order valence-electron chi connectivity index (χ3n) is 2.82. The third kappa shape index (κ3) is 3.79. The summed E-state index contributed by atoms with van der Waals surface area (Å²) in [5, 5.41) is 14.0. The lowest BCUT2D eigenvalue weighted by Gasteiger charge is -2.07. The van der Waals surface area contributed by atoms with Crippen molar-refractivity contribution in [3.8, 4) is 0 Å². The van der Waals surface area contributed by atoms with Crippen molar-refractivity contribution >= 4 is 32.5 Å². The van der Waals surface area contributed by atoms with Crippen molar-refractivity contribution in [1.29, 1.82) is 0 Å². The summed E-state index contributed by atoms with van der Waals surface area (Å²) in [5.74, 6) is 0. The Kier molecular flexibility index (Phi) is 4.29. The summed E-state index contributed by atoms with van der Waals surface area (Å²) in [6.07, 6.45) is 0.960. The molecule has 21 heavy (non-hydrogen) atoms. The van der Waals surface area contributed by atoms with Crippen LogP contribution in [0.5, 0.6) is 0 Å². The molecule has 0 fully saturated rings. The molecule has 0 unspecified atom stereocenters. The third-order valence-corrected chi connectivity index (χ3v) is 4.95. The first kappa shape index (κ1) is 15.5. The average molecular weight is 326 g/mol. The average Bonchev–Trinajstić information content (AvgIpc) is 2.81. The first-order valence-corrected chi connectivity index (χ1v) is 8.76. The van der Waals surface area contributed by atoms with Crippen molar-refractivity contribution < 1.29 is 13.3 Å². The van der Waals surface area contributed by atoms with E-state index < -0.39 is 20.4 Å². The molecule has 112 valence electrons. The van der Waals surface area contributed by atoms with Crippen LogP contribution in [-0.2, 0) is 16.4 Å². The zero-order valence-electron chi connectivity index (χ0n) is 11.5. The van der Waals surface area contributed by atoms with Crippen LogP contribution in [0.3, 0.4) is 0 Å². The Morgan fingerprint density at radius 3 is 2.52 bits per heavy atom. The lowest BCUT2D eigenvalue weighted by molar-refractivity contribution is -0.387. The summed E-state index contributed by atoms with van der Waals surface area (Å²) >= 11 is 1.64. The highest BCUT2D eigenvalue weighted by Gasteiger charge is 2.22. The number of nitro groups is 1. The number of aryl methyl sites for hydroxylation is 1. The lowest BCUT2D eigenvalue weighted by atomic mass is 10.3. The minimum Gasteiger partial charge on any atom is -0.380 e. The van der Waals surface area contributed by atoms with Crippen LogP contribution < -0.4 is 5.32 Å². The molecule has 6 nitrogen and oxygen atoms in total. The molecule has 2 rings (SSSR count). The Balaban J connectivity index is 2.27. The normalized spacial score (nSPS) is 11.3. The lowest BCUT2D eigenvalue weighted by Crippen LogP contribution is -2.05. The standard InChI is InChI=1S/C13H14N2O4S2/c1-9-3-5-11(20-9)8-14-10-4-6-12(15(16)17)13(7-10)21(2,18)19/h3-7,14H,8H2,1-2H3. The van der Waals surface area contributed by atoms with Crippen molar-refractivity contribution in [3.05, 3.63) is 50.2 Å². The number of benzene rings is 1. The van der Waals surface area contributed by atoms with Gasteiger partial charge in [-0.15, -0.1) is 11.3 Å². The van der Waals surface area contributed by atoms with Crippen molar-refractivity contribution in [2.24, 2.45) is 0 Å². The first-order chi connectivity index (χ1) is 9.77. The van der Waals surface area contributed by atoms with E-state index in [9.17, 15) is 18.5 Å². The maximum Gasteiger partial charge on any atom is 0.288 e. The largest absolute Gasteiger partial charge is 0.380 e.